The van der Waals surface area contributed by atoms with Crippen molar-refractivity contribution in [1.82, 2.24) is 9.47 Å². The van der Waals surface area contributed by atoms with Gasteiger partial charge in [0, 0.05) is 46.1 Å². The van der Waals surface area contributed by atoms with Gasteiger partial charge in [-0.15, -0.1) is 0 Å². The van der Waals surface area contributed by atoms with Crippen LogP contribution in [0, 0.1) is 5.92 Å². The number of fused-ring (bicyclic) bond motifs is 1. The summed E-state index contributed by atoms with van der Waals surface area (Å²) >= 11 is 3.42. The summed E-state index contributed by atoms with van der Waals surface area (Å²) in [6.07, 6.45) is -1.26. The minimum atomic E-state index is -4.52. The van der Waals surface area contributed by atoms with Gasteiger partial charge < -0.3 is 14.6 Å². The van der Waals surface area contributed by atoms with Crippen molar-refractivity contribution in [2.75, 3.05) is 6.54 Å². The Morgan fingerprint density at radius 3 is 2.48 bits per heavy atom. The zero-order valence-electron chi connectivity index (χ0n) is 17.8. The molecule has 1 heterocycles. The second-order valence-corrected chi connectivity index (χ2v) is 9.14. The van der Waals surface area contributed by atoms with Gasteiger partial charge in [0.05, 0.1) is 5.56 Å². The molecule has 0 aliphatic heterocycles. The topological polar surface area (TPSA) is 62.5 Å². The van der Waals surface area contributed by atoms with Crippen molar-refractivity contribution >= 4 is 38.7 Å². The van der Waals surface area contributed by atoms with Gasteiger partial charge in [-0.25, -0.2) is 0 Å². The number of alkyl halides is 3. The number of carbonyl (C=O) groups is 2. The number of rotatable bonds is 7. The van der Waals surface area contributed by atoms with Gasteiger partial charge >= 0.3 is 12.1 Å². The molecule has 5 nitrogen and oxygen atoms in total. The molecule has 2 aromatic carbocycles. The number of halogens is 4. The van der Waals surface area contributed by atoms with Crippen LogP contribution < -0.4 is 0 Å². The smallest absolute Gasteiger partial charge is 0.416 e. The molecular weight excluding hydrogens is 501 g/mol. The first-order valence-electron chi connectivity index (χ1n) is 10.6. The lowest BCUT2D eigenvalue weighted by atomic mass is 9.96. The summed E-state index contributed by atoms with van der Waals surface area (Å²) in [5, 5.41) is 10.0. The third-order valence-corrected chi connectivity index (χ3v) is 6.35. The highest BCUT2D eigenvalue weighted by atomic mass is 79.9. The number of aromatic nitrogens is 1. The maximum atomic E-state index is 13.5. The van der Waals surface area contributed by atoms with E-state index in [0.717, 1.165) is 29.4 Å². The summed E-state index contributed by atoms with van der Waals surface area (Å²) in [5.41, 5.74) is 1.40. The third-order valence-electron chi connectivity index (χ3n) is 5.85. The van der Waals surface area contributed by atoms with Crippen molar-refractivity contribution in [1.29, 1.82) is 0 Å². The highest BCUT2D eigenvalue weighted by molar-refractivity contribution is 9.10. The van der Waals surface area contributed by atoms with Gasteiger partial charge in [-0.1, -0.05) is 22.0 Å². The molecular formula is C24H22BrF3N2O3. The van der Waals surface area contributed by atoms with E-state index in [0.29, 0.717) is 34.1 Å². The fraction of sp³-hybridized carbons (Fsp3) is 0.333. The van der Waals surface area contributed by atoms with Crippen LogP contribution in [0.3, 0.4) is 0 Å². The molecule has 1 aromatic heterocycles. The molecule has 33 heavy (non-hydrogen) atoms. The first-order valence-corrected chi connectivity index (χ1v) is 11.4. The van der Waals surface area contributed by atoms with E-state index < -0.39 is 17.7 Å². The summed E-state index contributed by atoms with van der Waals surface area (Å²) in [6.45, 7) is 1.96. The van der Waals surface area contributed by atoms with Crippen molar-refractivity contribution in [3.8, 4) is 11.1 Å². The number of aliphatic carboxylic acids is 1. The lowest BCUT2D eigenvalue weighted by Crippen LogP contribution is -2.31. The number of hydrogen-bond donors (Lipinski definition) is 1. The monoisotopic (exact) mass is 522 g/mol. The first-order chi connectivity index (χ1) is 15.6. The summed E-state index contributed by atoms with van der Waals surface area (Å²) in [7, 11) is 0. The van der Waals surface area contributed by atoms with Gasteiger partial charge in [-0.2, -0.15) is 13.2 Å². The molecule has 0 spiro atoms. The summed E-state index contributed by atoms with van der Waals surface area (Å²) in [4.78, 5) is 25.6. The van der Waals surface area contributed by atoms with E-state index in [1.807, 2.05) is 13.0 Å². The quantitative estimate of drug-likeness (QED) is 0.418. The molecule has 0 radical (unpaired) electrons. The molecule has 1 aliphatic rings. The van der Waals surface area contributed by atoms with Crippen molar-refractivity contribution < 1.29 is 27.9 Å². The van der Waals surface area contributed by atoms with E-state index in [4.69, 9.17) is 0 Å². The molecule has 4 rings (SSSR count). The first kappa shape index (κ1) is 23.4. The average Bonchev–Trinajstić information content (AvgIpc) is 3.54. The molecule has 0 bridgehead atoms. The number of carbonyl (C=O) groups excluding carboxylic acids is 1. The predicted molar refractivity (Wildman–Crippen MR) is 122 cm³/mol. The molecule has 174 valence electrons. The number of carboxylic acid groups (broad SMARTS) is 1. The number of hydrogen-bond acceptors (Lipinski definition) is 2. The van der Waals surface area contributed by atoms with Crippen LogP contribution in [-0.2, 0) is 28.9 Å². The Hall–Kier alpha value is -2.81. The van der Waals surface area contributed by atoms with Crippen molar-refractivity contribution in [2.24, 2.45) is 5.92 Å². The fourth-order valence-electron chi connectivity index (χ4n) is 4.06. The van der Waals surface area contributed by atoms with Crippen LogP contribution in [-0.4, -0.2) is 33.0 Å². The summed E-state index contributed by atoms with van der Waals surface area (Å²) in [5.74, 6) is -1.12. The van der Waals surface area contributed by atoms with Gasteiger partial charge in [0.2, 0.25) is 5.91 Å². The largest absolute Gasteiger partial charge is 0.480 e. The Morgan fingerprint density at radius 1 is 1.15 bits per heavy atom. The molecule has 0 unspecified atom stereocenters. The van der Waals surface area contributed by atoms with Gasteiger partial charge in [-0.3, -0.25) is 9.59 Å². The van der Waals surface area contributed by atoms with Crippen LogP contribution in [0.2, 0.25) is 0 Å². The standard InChI is InChI=1S/C24H22BrF3N2O3/c1-2-29(23(33)14-3-4-14)11-15-9-16(24(26,27)28)5-7-18(15)20-12-30(13-22(31)32)21-8-6-17(25)10-19(20)21/h5-10,12,14H,2-4,11,13H2,1H3,(H,31,32). The van der Waals surface area contributed by atoms with Crippen LogP contribution in [0.1, 0.15) is 30.9 Å². The third kappa shape index (κ3) is 4.93. The van der Waals surface area contributed by atoms with Gasteiger partial charge in [0.1, 0.15) is 6.54 Å². The fourth-order valence-corrected chi connectivity index (χ4v) is 4.42. The Kier molecular flexibility index (Phi) is 6.26. The van der Waals surface area contributed by atoms with Crippen molar-refractivity contribution in [2.45, 2.75) is 39.0 Å². The van der Waals surface area contributed by atoms with E-state index in [9.17, 15) is 27.9 Å². The van der Waals surface area contributed by atoms with Crippen molar-refractivity contribution in [3.05, 3.63) is 58.2 Å². The van der Waals surface area contributed by atoms with Crippen LogP contribution in [0.25, 0.3) is 22.0 Å². The SMILES string of the molecule is CCN(Cc1cc(C(F)(F)F)ccc1-c1cn(CC(=O)O)c2ccc(Br)cc12)C(=O)C1CC1. The number of amides is 1. The minimum Gasteiger partial charge on any atom is -0.480 e. The van der Waals surface area contributed by atoms with Crippen LogP contribution in [0.5, 0.6) is 0 Å². The Labute approximate surface area is 196 Å². The lowest BCUT2D eigenvalue weighted by Gasteiger charge is -2.23. The summed E-state index contributed by atoms with van der Waals surface area (Å²) < 4.78 is 42.9. The van der Waals surface area contributed by atoms with E-state index in [1.54, 1.807) is 27.8 Å². The zero-order chi connectivity index (χ0) is 23.9. The molecule has 3 aromatic rings. The summed E-state index contributed by atoms with van der Waals surface area (Å²) in [6, 6.07) is 8.90. The van der Waals surface area contributed by atoms with Gasteiger partial charge in [0.15, 0.2) is 0 Å². The Morgan fingerprint density at radius 2 is 1.88 bits per heavy atom. The second kappa shape index (κ2) is 8.85. The van der Waals surface area contributed by atoms with E-state index in [-0.39, 0.29) is 24.9 Å². The Balaban J connectivity index is 1.88. The normalized spacial score (nSPS) is 14.0. The predicted octanol–water partition coefficient (Wildman–Crippen LogP) is 5.93. The average molecular weight is 523 g/mol. The highest BCUT2D eigenvalue weighted by Crippen LogP contribution is 2.39. The molecule has 1 saturated carbocycles. The number of nitrogens with zero attached hydrogens (tertiary/aromatic N) is 2. The van der Waals surface area contributed by atoms with Crippen LogP contribution >= 0.6 is 15.9 Å². The maximum absolute atomic E-state index is 13.5. The number of benzene rings is 2. The Bertz CT molecular complexity index is 1230. The second-order valence-electron chi connectivity index (χ2n) is 8.22. The molecule has 1 aliphatic carbocycles. The minimum absolute atomic E-state index is 0.0445. The molecule has 0 atom stereocenters. The van der Waals surface area contributed by atoms with E-state index >= 15 is 0 Å². The maximum Gasteiger partial charge on any atom is 0.416 e. The van der Waals surface area contributed by atoms with Gasteiger partial charge in [-0.05, 0) is 61.2 Å². The zero-order valence-corrected chi connectivity index (χ0v) is 19.4. The molecule has 9 heteroatoms. The lowest BCUT2D eigenvalue weighted by molar-refractivity contribution is -0.138. The molecule has 1 amide bonds. The van der Waals surface area contributed by atoms with Gasteiger partial charge in [0.25, 0.3) is 0 Å². The highest BCUT2D eigenvalue weighted by Gasteiger charge is 2.34. The molecule has 1 fully saturated rings. The number of carboxylic acids is 1. The van der Waals surface area contributed by atoms with Crippen molar-refractivity contribution in [3.63, 3.8) is 0 Å². The van der Waals surface area contributed by atoms with Crippen LogP contribution in [0.4, 0.5) is 13.2 Å². The molecule has 1 N–H and O–H groups in total. The van der Waals surface area contributed by atoms with E-state index in [1.165, 1.54) is 6.07 Å². The molecule has 0 saturated heterocycles. The van der Waals surface area contributed by atoms with E-state index in [2.05, 4.69) is 15.9 Å². The van der Waals surface area contributed by atoms with Crippen LogP contribution in [0.15, 0.2) is 47.1 Å².